The van der Waals surface area contributed by atoms with E-state index in [0.29, 0.717) is 0 Å². The van der Waals surface area contributed by atoms with E-state index in [-0.39, 0.29) is 10.8 Å². The van der Waals surface area contributed by atoms with Crippen molar-refractivity contribution in [3.05, 3.63) is 23.1 Å². The summed E-state index contributed by atoms with van der Waals surface area (Å²) in [6.45, 7) is 1.41. The Morgan fingerprint density at radius 3 is 2.60 bits per heavy atom. The van der Waals surface area contributed by atoms with Gasteiger partial charge in [0.1, 0.15) is 6.04 Å². The molecule has 0 radical (unpaired) electrons. The molecule has 1 atom stereocenters. The van der Waals surface area contributed by atoms with Gasteiger partial charge in [-0.2, -0.15) is 0 Å². The topological polar surface area (TPSA) is 70.8 Å². The predicted molar refractivity (Wildman–Crippen MR) is 52.9 cm³/mol. The number of carboxylic acid groups (broad SMARTS) is 1. The second-order valence-electron chi connectivity index (χ2n) is 3.04. The summed E-state index contributed by atoms with van der Waals surface area (Å²) in [5, 5.41) is 8.68. The number of halogens is 1. The second kappa shape index (κ2) is 4.35. The largest absolute Gasteiger partial charge is 0.480 e. The Bertz CT molecular complexity index is 387. The molecule has 0 fully saturated rings. The lowest BCUT2D eigenvalue weighted by Gasteiger charge is -2.20. The molecule has 0 aliphatic rings. The molecule has 15 heavy (non-hydrogen) atoms. The molecule has 0 aromatic carbocycles. The molecule has 1 rings (SSSR count). The first-order valence-electron chi connectivity index (χ1n) is 4.18. The summed E-state index contributed by atoms with van der Waals surface area (Å²) >= 11 is 5.60. The highest BCUT2D eigenvalue weighted by Crippen LogP contribution is 2.18. The third-order valence-corrected chi connectivity index (χ3v) is 2.40. The molecule has 1 unspecified atom stereocenters. The highest BCUT2D eigenvalue weighted by atomic mass is 35.5. The number of rotatable bonds is 3. The van der Waals surface area contributed by atoms with Crippen molar-refractivity contribution < 1.29 is 19.1 Å². The normalized spacial score (nSPS) is 12.2. The van der Waals surface area contributed by atoms with Crippen LogP contribution in [0.3, 0.4) is 0 Å². The summed E-state index contributed by atoms with van der Waals surface area (Å²) in [5.41, 5.74) is 0.160. The molecule has 0 aliphatic carbocycles. The van der Waals surface area contributed by atoms with E-state index in [1.807, 2.05) is 0 Å². The molecule has 5 nitrogen and oxygen atoms in total. The quantitative estimate of drug-likeness (QED) is 0.855. The lowest BCUT2D eigenvalue weighted by molar-refractivity contribution is -0.141. The van der Waals surface area contributed by atoms with E-state index in [0.717, 1.165) is 4.90 Å². The number of likely N-dealkylation sites (N-methyl/N-ethyl adjacent to an activating group) is 1. The minimum absolute atomic E-state index is 0.0376. The summed E-state index contributed by atoms with van der Waals surface area (Å²) < 4.78 is 4.75. The minimum atomic E-state index is -1.08. The smallest absolute Gasteiger partial charge is 0.326 e. The summed E-state index contributed by atoms with van der Waals surface area (Å²) in [5.74, 6) is -1.56. The number of amides is 1. The van der Waals surface area contributed by atoms with Gasteiger partial charge in [0, 0.05) is 7.05 Å². The summed E-state index contributed by atoms with van der Waals surface area (Å²) in [4.78, 5) is 23.4. The Balaban J connectivity index is 2.86. The average molecular weight is 232 g/mol. The van der Waals surface area contributed by atoms with Gasteiger partial charge >= 0.3 is 5.97 Å². The van der Waals surface area contributed by atoms with Gasteiger partial charge in [0.25, 0.3) is 5.91 Å². The number of hydrogen-bond acceptors (Lipinski definition) is 3. The molecule has 1 heterocycles. The van der Waals surface area contributed by atoms with Crippen molar-refractivity contribution in [2.24, 2.45) is 0 Å². The van der Waals surface area contributed by atoms with Crippen molar-refractivity contribution in [2.45, 2.75) is 13.0 Å². The van der Waals surface area contributed by atoms with Crippen molar-refractivity contribution in [1.29, 1.82) is 0 Å². The number of nitrogens with zero attached hydrogens (tertiary/aromatic N) is 1. The Kier molecular flexibility index (Phi) is 3.36. The van der Waals surface area contributed by atoms with Crippen molar-refractivity contribution >= 4 is 23.5 Å². The molecule has 1 N–H and O–H groups in total. The minimum Gasteiger partial charge on any atom is -0.480 e. The maximum atomic E-state index is 11.7. The predicted octanol–water partition coefficient (Wildman–Crippen LogP) is 1.48. The first-order valence-corrected chi connectivity index (χ1v) is 4.56. The molecule has 0 aliphatic heterocycles. The van der Waals surface area contributed by atoms with Crippen LogP contribution >= 0.6 is 11.6 Å². The van der Waals surface area contributed by atoms with Crippen LogP contribution in [-0.2, 0) is 4.79 Å². The first kappa shape index (κ1) is 11.6. The van der Waals surface area contributed by atoms with Crippen LogP contribution in [0, 0.1) is 0 Å². The number of carbonyl (C=O) groups excluding carboxylic acids is 1. The molecule has 1 amide bonds. The Morgan fingerprint density at radius 2 is 2.20 bits per heavy atom. The number of hydrogen-bond donors (Lipinski definition) is 1. The van der Waals surface area contributed by atoms with E-state index in [1.54, 1.807) is 0 Å². The number of furan rings is 1. The fourth-order valence-corrected chi connectivity index (χ4v) is 1.17. The Labute approximate surface area is 91.2 Å². The van der Waals surface area contributed by atoms with Gasteiger partial charge in [0.2, 0.25) is 5.22 Å². The summed E-state index contributed by atoms with van der Waals surface area (Å²) in [6, 6.07) is 0.485. The zero-order valence-corrected chi connectivity index (χ0v) is 8.99. The lowest BCUT2D eigenvalue weighted by Crippen LogP contribution is -2.40. The van der Waals surface area contributed by atoms with Crippen molar-refractivity contribution in [1.82, 2.24) is 4.90 Å². The van der Waals surface area contributed by atoms with Crippen LogP contribution in [0.15, 0.2) is 16.7 Å². The Hall–Kier alpha value is -1.49. The molecular formula is C9H10ClNO4. The monoisotopic (exact) mass is 231 g/mol. The molecule has 0 saturated carbocycles. The maximum absolute atomic E-state index is 11.7. The SMILES string of the molecule is CC(C(=O)O)N(C)C(=O)c1ccoc1Cl. The molecule has 1 aromatic rings. The molecular weight excluding hydrogens is 222 g/mol. The molecule has 0 spiro atoms. The van der Waals surface area contributed by atoms with Crippen LogP contribution in [0.2, 0.25) is 5.22 Å². The molecule has 0 saturated heterocycles. The zero-order chi connectivity index (χ0) is 11.6. The summed E-state index contributed by atoms with van der Waals surface area (Å²) in [7, 11) is 1.39. The third-order valence-electron chi connectivity index (χ3n) is 2.11. The van der Waals surface area contributed by atoms with Crippen LogP contribution in [-0.4, -0.2) is 35.0 Å². The molecule has 0 bridgehead atoms. The zero-order valence-electron chi connectivity index (χ0n) is 8.23. The number of carbonyl (C=O) groups is 2. The van der Waals surface area contributed by atoms with E-state index in [9.17, 15) is 9.59 Å². The third kappa shape index (κ3) is 2.30. The van der Waals surface area contributed by atoms with Crippen LogP contribution in [0.25, 0.3) is 0 Å². The van der Waals surface area contributed by atoms with Crippen LogP contribution < -0.4 is 0 Å². The number of aliphatic carboxylic acids is 1. The van der Waals surface area contributed by atoms with Crippen molar-refractivity contribution in [3.8, 4) is 0 Å². The van der Waals surface area contributed by atoms with E-state index in [4.69, 9.17) is 21.1 Å². The highest BCUT2D eigenvalue weighted by molar-refractivity contribution is 6.32. The van der Waals surface area contributed by atoms with E-state index >= 15 is 0 Å². The fourth-order valence-electron chi connectivity index (χ4n) is 0.978. The molecule has 1 aromatic heterocycles. The Morgan fingerprint density at radius 1 is 1.60 bits per heavy atom. The standard InChI is InChI=1S/C9H10ClNO4/c1-5(9(13)14)11(2)8(12)6-3-4-15-7(6)10/h3-5H,1-2H3,(H,13,14). The van der Waals surface area contributed by atoms with Gasteiger partial charge in [-0.15, -0.1) is 0 Å². The van der Waals surface area contributed by atoms with E-state index in [1.165, 1.54) is 26.3 Å². The average Bonchev–Trinajstić information content (AvgIpc) is 2.60. The number of carboxylic acids is 1. The van der Waals surface area contributed by atoms with Gasteiger partial charge in [-0.25, -0.2) is 4.79 Å². The van der Waals surface area contributed by atoms with Gasteiger partial charge in [-0.1, -0.05) is 0 Å². The maximum Gasteiger partial charge on any atom is 0.326 e. The first-order chi connectivity index (χ1) is 6.95. The molecule has 6 heteroatoms. The summed E-state index contributed by atoms with van der Waals surface area (Å²) in [6.07, 6.45) is 1.27. The van der Waals surface area contributed by atoms with Gasteiger partial charge in [0.05, 0.1) is 11.8 Å². The van der Waals surface area contributed by atoms with E-state index in [2.05, 4.69) is 0 Å². The van der Waals surface area contributed by atoms with Crippen LogP contribution in [0.1, 0.15) is 17.3 Å². The highest BCUT2D eigenvalue weighted by Gasteiger charge is 2.25. The lowest BCUT2D eigenvalue weighted by atomic mass is 10.2. The fraction of sp³-hybridized carbons (Fsp3) is 0.333. The van der Waals surface area contributed by atoms with Gasteiger partial charge in [-0.05, 0) is 24.6 Å². The van der Waals surface area contributed by atoms with Crippen molar-refractivity contribution in [2.75, 3.05) is 7.05 Å². The molecule has 82 valence electrons. The van der Waals surface area contributed by atoms with Gasteiger partial charge in [-0.3, -0.25) is 4.79 Å². The van der Waals surface area contributed by atoms with Crippen LogP contribution in [0.4, 0.5) is 0 Å². The van der Waals surface area contributed by atoms with Gasteiger partial charge in [0.15, 0.2) is 0 Å². The van der Waals surface area contributed by atoms with Gasteiger partial charge < -0.3 is 14.4 Å². The van der Waals surface area contributed by atoms with Crippen LogP contribution in [0.5, 0.6) is 0 Å². The second-order valence-corrected chi connectivity index (χ2v) is 3.38. The van der Waals surface area contributed by atoms with E-state index < -0.39 is 17.9 Å². The van der Waals surface area contributed by atoms with Crippen molar-refractivity contribution in [3.63, 3.8) is 0 Å².